The van der Waals surface area contributed by atoms with Crippen LogP contribution in [-0.4, -0.2) is 29.2 Å². The number of hydrogen-bond donors (Lipinski definition) is 3. The molecule has 2 atom stereocenters. The van der Waals surface area contributed by atoms with Gasteiger partial charge in [-0.1, -0.05) is 19.8 Å². The van der Waals surface area contributed by atoms with Crippen molar-refractivity contribution in [3.63, 3.8) is 0 Å². The average Bonchev–Trinajstić information content (AvgIpc) is 2.62. The van der Waals surface area contributed by atoms with Crippen molar-refractivity contribution in [3.8, 4) is 0 Å². The lowest BCUT2D eigenvalue weighted by Gasteiger charge is -2.25. The lowest BCUT2D eigenvalue weighted by Crippen LogP contribution is -2.45. The van der Waals surface area contributed by atoms with E-state index in [2.05, 4.69) is 5.32 Å². The van der Waals surface area contributed by atoms with E-state index < -0.39 is 0 Å². The molecule has 4 nitrogen and oxygen atoms in total. The maximum absolute atomic E-state index is 11.8. The van der Waals surface area contributed by atoms with Gasteiger partial charge in [-0.25, -0.2) is 0 Å². The fourth-order valence-corrected chi connectivity index (χ4v) is 2.18. The van der Waals surface area contributed by atoms with E-state index in [0.717, 1.165) is 25.7 Å². The fraction of sp³-hybridized carbons (Fsp3) is 0.917. The standard InChI is InChI=1S/C12H24N2O2/c1-9(8-15)10(2)14-11(16)7-12(13)5-3-4-6-12/h9-10,15H,3-8,13H2,1-2H3,(H,14,16). The highest BCUT2D eigenvalue weighted by molar-refractivity contribution is 5.77. The van der Waals surface area contributed by atoms with Gasteiger partial charge in [-0.2, -0.15) is 0 Å². The van der Waals surface area contributed by atoms with Crippen LogP contribution in [0.3, 0.4) is 0 Å². The van der Waals surface area contributed by atoms with Crippen molar-refractivity contribution in [2.24, 2.45) is 11.7 Å². The van der Waals surface area contributed by atoms with Crippen LogP contribution in [0.5, 0.6) is 0 Å². The van der Waals surface area contributed by atoms with Crippen LogP contribution < -0.4 is 11.1 Å². The molecule has 0 radical (unpaired) electrons. The molecule has 0 bridgehead atoms. The van der Waals surface area contributed by atoms with E-state index in [1.165, 1.54) is 0 Å². The molecule has 0 heterocycles. The van der Waals surface area contributed by atoms with Crippen LogP contribution in [0.25, 0.3) is 0 Å². The number of nitrogens with one attached hydrogen (secondary N) is 1. The van der Waals surface area contributed by atoms with E-state index in [1.54, 1.807) is 0 Å². The molecule has 4 N–H and O–H groups in total. The minimum atomic E-state index is -0.285. The molecule has 1 saturated carbocycles. The van der Waals surface area contributed by atoms with Gasteiger partial charge in [0.15, 0.2) is 0 Å². The summed E-state index contributed by atoms with van der Waals surface area (Å²) in [6, 6.07) is 0.00232. The molecule has 4 heteroatoms. The zero-order valence-corrected chi connectivity index (χ0v) is 10.3. The lowest BCUT2D eigenvalue weighted by atomic mass is 9.94. The molecule has 0 spiro atoms. The number of aliphatic hydroxyl groups is 1. The van der Waals surface area contributed by atoms with E-state index in [1.807, 2.05) is 13.8 Å². The molecule has 2 unspecified atom stereocenters. The first-order chi connectivity index (χ1) is 7.47. The molecule has 1 fully saturated rings. The molecule has 16 heavy (non-hydrogen) atoms. The van der Waals surface area contributed by atoms with Crippen molar-refractivity contribution in [1.82, 2.24) is 5.32 Å². The van der Waals surface area contributed by atoms with Crippen LogP contribution >= 0.6 is 0 Å². The summed E-state index contributed by atoms with van der Waals surface area (Å²) in [6.45, 7) is 3.92. The van der Waals surface area contributed by atoms with Crippen molar-refractivity contribution >= 4 is 5.91 Å². The zero-order chi connectivity index (χ0) is 12.2. The first kappa shape index (κ1) is 13.5. The summed E-state index contributed by atoms with van der Waals surface area (Å²) in [6.07, 6.45) is 4.57. The van der Waals surface area contributed by atoms with Gasteiger partial charge in [0.25, 0.3) is 0 Å². The fourth-order valence-electron chi connectivity index (χ4n) is 2.18. The number of aliphatic hydroxyl groups excluding tert-OH is 1. The highest BCUT2D eigenvalue weighted by atomic mass is 16.3. The van der Waals surface area contributed by atoms with Crippen molar-refractivity contribution in [2.45, 2.75) is 57.5 Å². The normalized spacial score (nSPS) is 22.8. The number of rotatable bonds is 5. The topological polar surface area (TPSA) is 75.3 Å². The van der Waals surface area contributed by atoms with Crippen molar-refractivity contribution in [3.05, 3.63) is 0 Å². The Balaban J connectivity index is 2.35. The van der Waals surface area contributed by atoms with Crippen LogP contribution in [0.4, 0.5) is 0 Å². The SMILES string of the molecule is CC(CO)C(C)NC(=O)CC1(N)CCCC1. The third kappa shape index (κ3) is 3.76. The molecular formula is C12H24N2O2. The summed E-state index contributed by atoms with van der Waals surface area (Å²) in [5, 5.41) is 11.9. The van der Waals surface area contributed by atoms with E-state index >= 15 is 0 Å². The molecule has 0 aromatic rings. The third-order valence-electron chi connectivity index (χ3n) is 3.64. The van der Waals surface area contributed by atoms with Crippen LogP contribution in [0.1, 0.15) is 46.0 Å². The predicted octanol–water partition coefficient (Wildman–Crippen LogP) is 0.781. The first-order valence-corrected chi connectivity index (χ1v) is 6.16. The number of carbonyl (C=O) groups excluding carboxylic acids is 1. The van der Waals surface area contributed by atoms with Gasteiger partial charge in [0.2, 0.25) is 5.91 Å². The molecule has 0 aromatic carbocycles. The minimum Gasteiger partial charge on any atom is -0.396 e. The molecule has 0 aliphatic heterocycles. The van der Waals surface area contributed by atoms with Crippen molar-refractivity contribution in [1.29, 1.82) is 0 Å². The molecule has 1 amide bonds. The maximum atomic E-state index is 11.8. The van der Waals surface area contributed by atoms with Crippen molar-refractivity contribution in [2.75, 3.05) is 6.61 Å². The molecule has 0 aromatic heterocycles. The quantitative estimate of drug-likeness (QED) is 0.651. The molecule has 1 aliphatic carbocycles. The minimum absolute atomic E-state index is 0.00232. The van der Waals surface area contributed by atoms with Gasteiger partial charge < -0.3 is 16.2 Å². The highest BCUT2D eigenvalue weighted by Crippen LogP contribution is 2.29. The molecule has 1 rings (SSSR count). The summed E-state index contributed by atoms with van der Waals surface area (Å²) in [7, 11) is 0. The smallest absolute Gasteiger partial charge is 0.222 e. The summed E-state index contributed by atoms with van der Waals surface area (Å²) in [5.41, 5.74) is 5.85. The van der Waals surface area contributed by atoms with Crippen LogP contribution in [0.2, 0.25) is 0 Å². The number of nitrogens with two attached hydrogens (primary N) is 1. The Bertz CT molecular complexity index is 237. The average molecular weight is 228 g/mol. The van der Waals surface area contributed by atoms with Gasteiger partial charge in [-0.15, -0.1) is 0 Å². The maximum Gasteiger partial charge on any atom is 0.222 e. The predicted molar refractivity (Wildman–Crippen MR) is 63.9 cm³/mol. The monoisotopic (exact) mass is 228 g/mol. The van der Waals surface area contributed by atoms with Gasteiger partial charge in [-0.3, -0.25) is 4.79 Å². The number of carbonyl (C=O) groups is 1. The molecule has 1 aliphatic rings. The number of amides is 1. The Labute approximate surface area is 97.6 Å². The second-order valence-corrected chi connectivity index (χ2v) is 5.26. The van der Waals surface area contributed by atoms with E-state index in [-0.39, 0.29) is 30.0 Å². The van der Waals surface area contributed by atoms with Crippen LogP contribution in [0, 0.1) is 5.92 Å². The largest absolute Gasteiger partial charge is 0.396 e. The summed E-state index contributed by atoms with van der Waals surface area (Å²) < 4.78 is 0. The molecule has 0 saturated heterocycles. The van der Waals surface area contributed by atoms with Gasteiger partial charge in [-0.05, 0) is 25.7 Å². The Morgan fingerprint density at radius 1 is 1.44 bits per heavy atom. The number of hydrogen-bond acceptors (Lipinski definition) is 3. The van der Waals surface area contributed by atoms with Gasteiger partial charge >= 0.3 is 0 Å². The second-order valence-electron chi connectivity index (χ2n) is 5.26. The van der Waals surface area contributed by atoms with Gasteiger partial charge in [0.05, 0.1) is 0 Å². The van der Waals surface area contributed by atoms with E-state index in [0.29, 0.717) is 6.42 Å². The Hall–Kier alpha value is -0.610. The third-order valence-corrected chi connectivity index (χ3v) is 3.64. The summed E-state index contributed by atoms with van der Waals surface area (Å²) in [4.78, 5) is 11.8. The Kier molecular flexibility index (Phi) is 4.74. The Morgan fingerprint density at radius 2 is 2.00 bits per heavy atom. The lowest BCUT2D eigenvalue weighted by molar-refractivity contribution is -0.123. The second kappa shape index (κ2) is 5.64. The Morgan fingerprint density at radius 3 is 2.50 bits per heavy atom. The summed E-state index contributed by atoms with van der Waals surface area (Å²) >= 11 is 0. The highest BCUT2D eigenvalue weighted by Gasteiger charge is 2.32. The van der Waals surface area contributed by atoms with Gasteiger partial charge in [0.1, 0.15) is 0 Å². The summed E-state index contributed by atoms with van der Waals surface area (Å²) in [5.74, 6) is 0.0958. The molecule has 94 valence electrons. The zero-order valence-electron chi connectivity index (χ0n) is 10.3. The van der Waals surface area contributed by atoms with E-state index in [4.69, 9.17) is 10.8 Å². The van der Waals surface area contributed by atoms with E-state index in [9.17, 15) is 4.79 Å². The van der Waals surface area contributed by atoms with Crippen molar-refractivity contribution < 1.29 is 9.90 Å². The van der Waals surface area contributed by atoms with Gasteiger partial charge in [0, 0.05) is 24.6 Å². The first-order valence-electron chi connectivity index (χ1n) is 6.16. The van der Waals surface area contributed by atoms with Crippen LogP contribution in [-0.2, 0) is 4.79 Å². The van der Waals surface area contributed by atoms with Crippen LogP contribution in [0.15, 0.2) is 0 Å². The molecular weight excluding hydrogens is 204 g/mol.